The minimum atomic E-state index is -0.00491. The third-order valence-electron chi connectivity index (χ3n) is 5.15. The molecule has 3 aromatic rings. The van der Waals surface area contributed by atoms with E-state index in [1.807, 2.05) is 17.7 Å². The predicted octanol–water partition coefficient (Wildman–Crippen LogP) is 4.32. The summed E-state index contributed by atoms with van der Waals surface area (Å²) in [5.41, 5.74) is 4.43. The zero-order valence-electron chi connectivity index (χ0n) is 18.1. The molecule has 0 aromatic carbocycles. The SMILES string of the molecule is C=Cc1nn(PI)c2ncc(-c3c(COC4CC4)nn(C)c3OC(C)CNCC)cc12. The number of hydrogen-bond donors (Lipinski definition) is 1. The summed E-state index contributed by atoms with van der Waals surface area (Å²) in [6.45, 7) is 10.2. The van der Waals surface area contributed by atoms with Crippen LogP contribution in [0.25, 0.3) is 28.2 Å². The van der Waals surface area contributed by atoms with Gasteiger partial charge in [-0.25, -0.2) is 14.1 Å². The Morgan fingerprint density at radius 2 is 2.23 bits per heavy atom. The molecule has 4 rings (SSSR count). The quantitative estimate of drug-likeness (QED) is 0.281. The number of halogens is 1. The molecule has 1 saturated carbocycles. The molecule has 0 saturated heterocycles. The molecule has 8 nitrogen and oxygen atoms in total. The molecule has 3 heterocycles. The molecular formula is C21H28IN6O2P. The van der Waals surface area contributed by atoms with Crippen LogP contribution in [-0.2, 0) is 18.4 Å². The van der Waals surface area contributed by atoms with Gasteiger partial charge in [-0.2, -0.15) is 10.2 Å². The average molecular weight is 554 g/mol. The summed E-state index contributed by atoms with van der Waals surface area (Å²) in [7, 11) is 1.91. The van der Waals surface area contributed by atoms with Crippen molar-refractivity contribution >= 4 is 45.5 Å². The van der Waals surface area contributed by atoms with E-state index in [0.717, 1.165) is 65.4 Å². The number of rotatable bonds is 11. The van der Waals surface area contributed by atoms with E-state index in [2.05, 4.69) is 58.9 Å². The molecule has 1 N–H and O–H groups in total. The highest BCUT2D eigenvalue weighted by Gasteiger charge is 2.26. The Bertz CT molecular complexity index is 1080. The van der Waals surface area contributed by atoms with Crippen LogP contribution in [-0.4, -0.2) is 49.6 Å². The largest absolute Gasteiger partial charge is 0.473 e. The summed E-state index contributed by atoms with van der Waals surface area (Å²) in [6.07, 6.45) is 6.71. The molecule has 0 aliphatic heterocycles. The number of aryl methyl sites for hydroxylation is 1. The Morgan fingerprint density at radius 1 is 1.42 bits per heavy atom. The third-order valence-corrected chi connectivity index (χ3v) is 7.00. The van der Waals surface area contributed by atoms with Gasteiger partial charge in [-0.05, 0) is 60.5 Å². The van der Waals surface area contributed by atoms with E-state index in [1.165, 1.54) is 0 Å². The summed E-state index contributed by atoms with van der Waals surface area (Å²) in [5.74, 6) is 0.726. The minimum Gasteiger partial charge on any atom is -0.473 e. The number of likely N-dealkylation sites (N-methyl/N-ethyl adjacent to an activating group) is 1. The van der Waals surface area contributed by atoms with Crippen molar-refractivity contribution in [3.8, 4) is 17.0 Å². The van der Waals surface area contributed by atoms with Gasteiger partial charge in [-0.3, -0.25) is 0 Å². The molecule has 3 aromatic heterocycles. The fraction of sp³-hybridized carbons (Fsp3) is 0.476. The molecule has 0 spiro atoms. The highest BCUT2D eigenvalue weighted by Crippen LogP contribution is 2.38. The van der Waals surface area contributed by atoms with Crippen LogP contribution in [0.15, 0.2) is 18.8 Å². The van der Waals surface area contributed by atoms with Crippen LogP contribution in [0, 0.1) is 0 Å². The number of aromatic nitrogens is 5. The molecular weight excluding hydrogens is 526 g/mol. The molecule has 1 aliphatic rings. The molecule has 31 heavy (non-hydrogen) atoms. The van der Waals surface area contributed by atoms with E-state index in [4.69, 9.17) is 19.6 Å². The van der Waals surface area contributed by atoms with Gasteiger partial charge >= 0.3 is 0 Å². The van der Waals surface area contributed by atoms with E-state index in [-0.39, 0.29) is 6.10 Å². The van der Waals surface area contributed by atoms with Crippen molar-refractivity contribution in [2.75, 3.05) is 13.1 Å². The lowest BCUT2D eigenvalue weighted by molar-refractivity contribution is 0.103. The average Bonchev–Trinajstić information content (AvgIpc) is 3.47. The molecule has 0 radical (unpaired) electrons. The predicted molar refractivity (Wildman–Crippen MR) is 134 cm³/mol. The van der Waals surface area contributed by atoms with Crippen LogP contribution in [0.2, 0.25) is 0 Å². The zero-order chi connectivity index (χ0) is 22.0. The van der Waals surface area contributed by atoms with Gasteiger partial charge in [0.05, 0.1) is 30.3 Å². The Balaban J connectivity index is 1.77. The van der Waals surface area contributed by atoms with Crippen LogP contribution >= 0.6 is 28.4 Å². The maximum Gasteiger partial charge on any atom is 0.220 e. The Kier molecular flexibility index (Phi) is 7.26. The molecule has 0 bridgehead atoms. The maximum absolute atomic E-state index is 6.34. The van der Waals surface area contributed by atoms with E-state index in [0.29, 0.717) is 19.1 Å². The second kappa shape index (κ2) is 9.94. The van der Waals surface area contributed by atoms with Gasteiger partial charge in [0.1, 0.15) is 11.8 Å². The van der Waals surface area contributed by atoms with Gasteiger partial charge < -0.3 is 14.8 Å². The van der Waals surface area contributed by atoms with Crippen molar-refractivity contribution in [2.24, 2.45) is 7.05 Å². The van der Waals surface area contributed by atoms with Crippen LogP contribution in [0.3, 0.4) is 0 Å². The van der Waals surface area contributed by atoms with Gasteiger partial charge in [0, 0.05) is 30.7 Å². The minimum absolute atomic E-state index is 0.00491. The van der Waals surface area contributed by atoms with E-state index < -0.39 is 0 Å². The first kappa shape index (κ1) is 22.6. The number of pyridine rings is 1. The molecule has 2 unspecified atom stereocenters. The van der Waals surface area contributed by atoms with Crippen LogP contribution in [0.1, 0.15) is 38.1 Å². The first-order chi connectivity index (χ1) is 15.0. The number of fused-ring (bicyclic) bond motifs is 1. The monoisotopic (exact) mass is 554 g/mol. The van der Waals surface area contributed by atoms with Crippen LogP contribution in [0.5, 0.6) is 5.88 Å². The Morgan fingerprint density at radius 3 is 2.90 bits per heavy atom. The summed E-state index contributed by atoms with van der Waals surface area (Å²) >= 11 is 2.31. The zero-order valence-corrected chi connectivity index (χ0v) is 21.2. The third kappa shape index (κ3) is 4.94. The highest BCUT2D eigenvalue weighted by molar-refractivity contribution is 14.2. The molecule has 2 atom stereocenters. The fourth-order valence-corrected chi connectivity index (χ4v) is 4.88. The number of ether oxygens (including phenoxy) is 2. The summed E-state index contributed by atoms with van der Waals surface area (Å²) in [6, 6.07) is 2.11. The number of nitrogens with one attached hydrogen (secondary N) is 1. The van der Waals surface area contributed by atoms with Gasteiger partial charge in [0.25, 0.3) is 0 Å². The van der Waals surface area contributed by atoms with E-state index in [9.17, 15) is 0 Å². The molecule has 1 aliphatic carbocycles. The maximum atomic E-state index is 6.34. The topological polar surface area (TPSA) is 79.0 Å². The van der Waals surface area contributed by atoms with Crippen molar-refractivity contribution in [3.05, 3.63) is 30.2 Å². The second-order valence-electron chi connectivity index (χ2n) is 7.68. The van der Waals surface area contributed by atoms with Gasteiger partial charge in [0.2, 0.25) is 5.88 Å². The lowest BCUT2D eigenvalue weighted by Gasteiger charge is -2.16. The highest BCUT2D eigenvalue weighted by atomic mass is 127. The van der Waals surface area contributed by atoms with Crippen molar-refractivity contribution in [3.63, 3.8) is 0 Å². The van der Waals surface area contributed by atoms with Gasteiger partial charge in [0.15, 0.2) is 5.65 Å². The second-order valence-corrected chi connectivity index (χ2v) is 9.72. The van der Waals surface area contributed by atoms with Crippen LogP contribution < -0.4 is 10.1 Å². The normalized spacial score (nSPS) is 15.2. The summed E-state index contributed by atoms with van der Waals surface area (Å²) < 4.78 is 16.1. The molecule has 166 valence electrons. The molecule has 10 heteroatoms. The Hall–Kier alpha value is -1.55. The van der Waals surface area contributed by atoms with Gasteiger partial charge in [-0.1, -0.05) is 13.5 Å². The standard InChI is InChI=1S/C21H28IN6O2P/c1-5-17-16-9-14(11-24-20(16)28(26-17)31-22)19-18(12-29-15-7-8-15)25-27(4)21(19)30-13(3)10-23-6-2/h5,9,11,13,15,23,31H,1,6-8,10,12H2,2-4H3. The van der Waals surface area contributed by atoms with E-state index >= 15 is 0 Å². The van der Waals surface area contributed by atoms with Crippen LogP contribution in [0.4, 0.5) is 0 Å². The van der Waals surface area contributed by atoms with Crippen molar-refractivity contribution < 1.29 is 9.47 Å². The Labute approximate surface area is 197 Å². The summed E-state index contributed by atoms with van der Waals surface area (Å²) in [4.78, 5) is 4.73. The van der Waals surface area contributed by atoms with E-state index in [1.54, 1.807) is 10.8 Å². The first-order valence-electron chi connectivity index (χ1n) is 10.5. The first-order valence-corrected chi connectivity index (χ1v) is 14.5. The number of nitrogens with zero attached hydrogens (tertiary/aromatic N) is 5. The molecule has 1 fully saturated rings. The fourth-order valence-electron chi connectivity index (χ4n) is 3.47. The van der Waals surface area contributed by atoms with Crippen molar-refractivity contribution in [1.29, 1.82) is 0 Å². The molecule has 0 amide bonds. The van der Waals surface area contributed by atoms with Gasteiger partial charge in [-0.15, -0.1) is 0 Å². The lowest BCUT2D eigenvalue weighted by atomic mass is 10.1. The summed E-state index contributed by atoms with van der Waals surface area (Å²) in [5, 5.41) is 13.7. The van der Waals surface area contributed by atoms with Crippen molar-refractivity contribution in [1.82, 2.24) is 29.6 Å². The number of hydrogen-bond acceptors (Lipinski definition) is 6. The lowest BCUT2D eigenvalue weighted by Crippen LogP contribution is -2.29. The smallest absolute Gasteiger partial charge is 0.220 e. The van der Waals surface area contributed by atoms with Crippen molar-refractivity contribution in [2.45, 2.75) is 45.5 Å².